The number of benzene rings is 1. The van der Waals surface area contributed by atoms with Gasteiger partial charge >= 0.3 is 0 Å². The maximum atomic E-state index is 12.8. The van der Waals surface area contributed by atoms with Crippen LogP contribution in [0.1, 0.15) is 30.1 Å². The van der Waals surface area contributed by atoms with Crippen LogP contribution in [0.25, 0.3) is 0 Å². The van der Waals surface area contributed by atoms with Crippen molar-refractivity contribution in [2.45, 2.75) is 19.8 Å². The number of nitrogens with one attached hydrogen (secondary N) is 1. The summed E-state index contributed by atoms with van der Waals surface area (Å²) in [6.07, 6.45) is 1.83. The number of hydrogen-bond donors (Lipinski definition) is 1. The van der Waals surface area contributed by atoms with E-state index in [2.05, 4.69) is 5.32 Å². The molecule has 2 amide bonds. The van der Waals surface area contributed by atoms with E-state index in [0.29, 0.717) is 44.1 Å². The van der Waals surface area contributed by atoms with Crippen molar-refractivity contribution in [1.82, 2.24) is 15.1 Å². The number of halogens is 1. The lowest BCUT2D eigenvalue weighted by Gasteiger charge is -2.37. The molecule has 2 heterocycles. The summed E-state index contributed by atoms with van der Waals surface area (Å²) >= 11 is 0. The number of ether oxygens (including phenoxy) is 1. The molecule has 0 bridgehead atoms. The SMILES string of the molecule is CCOc1ccccc1C(=O)N1CCN(C(=O)C2CCNCC2)CC1.Cl. The van der Waals surface area contributed by atoms with E-state index in [1.54, 1.807) is 6.07 Å². The van der Waals surface area contributed by atoms with Crippen molar-refractivity contribution in [1.29, 1.82) is 0 Å². The lowest BCUT2D eigenvalue weighted by molar-refractivity contribution is -0.137. The van der Waals surface area contributed by atoms with Gasteiger partial charge in [0.05, 0.1) is 12.2 Å². The average molecular weight is 382 g/mol. The van der Waals surface area contributed by atoms with Crippen molar-refractivity contribution in [3.63, 3.8) is 0 Å². The van der Waals surface area contributed by atoms with Crippen LogP contribution < -0.4 is 10.1 Å². The molecule has 1 aromatic carbocycles. The standard InChI is InChI=1S/C19H27N3O3.ClH/c1-2-25-17-6-4-3-5-16(17)19(24)22-13-11-21(12-14-22)18(23)15-7-9-20-10-8-15;/h3-6,15,20H,2,7-14H2,1H3;1H. The molecule has 0 aromatic heterocycles. The Morgan fingerprint density at radius 3 is 2.35 bits per heavy atom. The predicted octanol–water partition coefficient (Wildman–Crippen LogP) is 1.79. The number of carbonyl (C=O) groups is 2. The van der Waals surface area contributed by atoms with Crippen LogP contribution in [0.3, 0.4) is 0 Å². The minimum Gasteiger partial charge on any atom is -0.493 e. The van der Waals surface area contributed by atoms with Crippen LogP contribution in [0.2, 0.25) is 0 Å². The monoisotopic (exact) mass is 381 g/mol. The number of piperazine rings is 1. The van der Waals surface area contributed by atoms with Crippen molar-refractivity contribution in [2.75, 3.05) is 45.9 Å². The lowest BCUT2D eigenvalue weighted by atomic mass is 9.96. The van der Waals surface area contributed by atoms with E-state index in [9.17, 15) is 9.59 Å². The molecule has 1 aromatic rings. The molecule has 0 spiro atoms. The van der Waals surface area contributed by atoms with Gasteiger partial charge in [-0.15, -0.1) is 12.4 Å². The van der Waals surface area contributed by atoms with Crippen molar-refractivity contribution in [2.24, 2.45) is 5.92 Å². The van der Waals surface area contributed by atoms with Gasteiger partial charge < -0.3 is 19.9 Å². The molecule has 0 radical (unpaired) electrons. The molecule has 3 rings (SSSR count). The van der Waals surface area contributed by atoms with Crippen LogP contribution in [0.4, 0.5) is 0 Å². The molecule has 0 atom stereocenters. The second-order valence-corrected chi connectivity index (χ2v) is 6.57. The van der Waals surface area contributed by atoms with Gasteiger partial charge in [0.1, 0.15) is 5.75 Å². The molecular weight excluding hydrogens is 354 g/mol. The highest BCUT2D eigenvalue weighted by Crippen LogP contribution is 2.22. The highest BCUT2D eigenvalue weighted by Gasteiger charge is 2.30. The molecule has 0 saturated carbocycles. The molecule has 0 unspecified atom stereocenters. The zero-order valence-corrected chi connectivity index (χ0v) is 16.1. The van der Waals surface area contributed by atoms with Gasteiger partial charge in [0.2, 0.25) is 5.91 Å². The third-order valence-electron chi connectivity index (χ3n) is 4.98. The number of rotatable bonds is 4. The number of piperidine rings is 1. The van der Waals surface area contributed by atoms with Gasteiger partial charge in [0, 0.05) is 32.1 Å². The number of para-hydroxylation sites is 1. The first-order chi connectivity index (χ1) is 12.2. The fourth-order valence-corrected chi connectivity index (χ4v) is 3.55. The van der Waals surface area contributed by atoms with E-state index in [0.717, 1.165) is 25.9 Å². The van der Waals surface area contributed by atoms with Gasteiger partial charge in [-0.2, -0.15) is 0 Å². The lowest BCUT2D eigenvalue weighted by Crippen LogP contribution is -2.52. The van der Waals surface area contributed by atoms with Crippen molar-refractivity contribution < 1.29 is 14.3 Å². The molecule has 2 fully saturated rings. The van der Waals surface area contributed by atoms with Crippen LogP contribution in [0.15, 0.2) is 24.3 Å². The summed E-state index contributed by atoms with van der Waals surface area (Å²) in [6.45, 7) is 6.67. The average Bonchev–Trinajstić information content (AvgIpc) is 2.68. The fourth-order valence-electron chi connectivity index (χ4n) is 3.55. The van der Waals surface area contributed by atoms with E-state index in [1.807, 2.05) is 34.9 Å². The fraction of sp³-hybridized carbons (Fsp3) is 0.579. The second kappa shape index (κ2) is 9.78. The van der Waals surface area contributed by atoms with Crippen LogP contribution in [0, 0.1) is 5.92 Å². The molecule has 2 aliphatic rings. The van der Waals surface area contributed by atoms with Crippen LogP contribution in [-0.2, 0) is 4.79 Å². The Morgan fingerprint density at radius 1 is 1.08 bits per heavy atom. The molecule has 144 valence electrons. The Balaban J connectivity index is 0.00000243. The minimum atomic E-state index is -0.0157. The molecule has 6 nitrogen and oxygen atoms in total. The Bertz CT molecular complexity index is 612. The second-order valence-electron chi connectivity index (χ2n) is 6.57. The smallest absolute Gasteiger partial charge is 0.257 e. The van der Waals surface area contributed by atoms with Crippen molar-refractivity contribution in [3.05, 3.63) is 29.8 Å². The van der Waals surface area contributed by atoms with Crippen LogP contribution in [-0.4, -0.2) is 67.5 Å². The third-order valence-corrected chi connectivity index (χ3v) is 4.98. The first kappa shape index (κ1) is 20.5. The highest BCUT2D eigenvalue weighted by atomic mass is 35.5. The van der Waals surface area contributed by atoms with Crippen LogP contribution >= 0.6 is 12.4 Å². The number of carbonyl (C=O) groups excluding carboxylic acids is 2. The number of nitrogens with zero attached hydrogens (tertiary/aromatic N) is 2. The van der Waals surface area contributed by atoms with Crippen molar-refractivity contribution >= 4 is 24.2 Å². The summed E-state index contributed by atoms with van der Waals surface area (Å²) in [5, 5.41) is 3.29. The van der Waals surface area contributed by atoms with Crippen LogP contribution in [0.5, 0.6) is 5.75 Å². The Labute approximate surface area is 161 Å². The molecular formula is C19H28ClN3O3. The Hall–Kier alpha value is -1.79. The largest absolute Gasteiger partial charge is 0.493 e. The van der Waals surface area contributed by atoms with E-state index in [4.69, 9.17) is 4.74 Å². The van der Waals surface area contributed by atoms with Gasteiger partial charge in [-0.25, -0.2) is 0 Å². The summed E-state index contributed by atoms with van der Waals surface area (Å²) in [6, 6.07) is 7.36. The number of hydrogen-bond acceptors (Lipinski definition) is 4. The molecule has 1 N–H and O–H groups in total. The Morgan fingerprint density at radius 2 is 1.69 bits per heavy atom. The summed E-state index contributed by atoms with van der Waals surface area (Å²) < 4.78 is 5.57. The van der Waals surface area contributed by atoms with Gasteiger partial charge in [-0.1, -0.05) is 12.1 Å². The molecule has 26 heavy (non-hydrogen) atoms. The van der Waals surface area contributed by atoms with E-state index >= 15 is 0 Å². The quantitative estimate of drug-likeness (QED) is 0.863. The number of amides is 2. The summed E-state index contributed by atoms with van der Waals surface area (Å²) in [5.74, 6) is 1.01. The summed E-state index contributed by atoms with van der Waals surface area (Å²) in [4.78, 5) is 29.2. The van der Waals surface area contributed by atoms with E-state index in [-0.39, 0.29) is 30.1 Å². The normalized spacial score (nSPS) is 18.2. The maximum absolute atomic E-state index is 12.8. The Kier molecular flexibility index (Phi) is 7.72. The van der Waals surface area contributed by atoms with Gasteiger partial charge in [0.25, 0.3) is 5.91 Å². The highest BCUT2D eigenvalue weighted by molar-refractivity contribution is 5.97. The first-order valence-corrected chi connectivity index (χ1v) is 9.21. The van der Waals surface area contributed by atoms with E-state index in [1.165, 1.54) is 0 Å². The van der Waals surface area contributed by atoms with Gasteiger partial charge in [-0.05, 0) is 45.0 Å². The maximum Gasteiger partial charge on any atom is 0.257 e. The summed E-state index contributed by atoms with van der Waals surface area (Å²) in [7, 11) is 0. The summed E-state index contributed by atoms with van der Waals surface area (Å²) in [5.41, 5.74) is 0.600. The van der Waals surface area contributed by atoms with Gasteiger partial charge in [0.15, 0.2) is 0 Å². The van der Waals surface area contributed by atoms with E-state index < -0.39 is 0 Å². The zero-order valence-electron chi connectivity index (χ0n) is 15.3. The molecule has 0 aliphatic carbocycles. The first-order valence-electron chi connectivity index (χ1n) is 9.21. The minimum absolute atomic E-state index is 0. The molecule has 2 saturated heterocycles. The molecule has 7 heteroatoms. The predicted molar refractivity (Wildman–Crippen MR) is 103 cm³/mol. The zero-order chi connectivity index (χ0) is 17.6. The third kappa shape index (κ3) is 4.68. The van der Waals surface area contributed by atoms with Gasteiger partial charge in [-0.3, -0.25) is 9.59 Å². The van der Waals surface area contributed by atoms with Crippen molar-refractivity contribution in [3.8, 4) is 5.75 Å². The topological polar surface area (TPSA) is 61.9 Å². The molecule has 2 aliphatic heterocycles.